The summed E-state index contributed by atoms with van der Waals surface area (Å²) in [7, 11) is 0. The molecule has 0 aliphatic carbocycles. The molecule has 0 saturated carbocycles. The summed E-state index contributed by atoms with van der Waals surface area (Å²) < 4.78 is 0. The van der Waals surface area contributed by atoms with Gasteiger partial charge < -0.3 is 0 Å². The van der Waals surface area contributed by atoms with Crippen LogP contribution >= 0.6 is 0 Å². The van der Waals surface area contributed by atoms with Crippen LogP contribution in [0.4, 0.5) is 0 Å². The van der Waals surface area contributed by atoms with E-state index in [0.29, 0.717) is 0 Å². The minimum atomic E-state index is 0.214. The average Bonchev–Trinajstić information content (AvgIpc) is 2.81. The molecule has 0 radical (unpaired) electrons. The minimum Gasteiger partial charge on any atom is -0.0654 e. The van der Waals surface area contributed by atoms with Crippen molar-refractivity contribution < 1.29 is 0 Å². The molecule has 0 saturated heterocycles. The standard InChI is InChI=1S/C30H46/c1-5-9-23-29(24-10-6-2,27-19-15-13-16-20-27)30(25-11-7-3,26-12-8-4)28-21-17-14-18-22-28/h13-22H,5-12,23-26H2,1-4H3. The topological polar surface area (TPSA) is 0 Å². The maximum Gasteiger partial charge on any atom is 0.00498 e. The zero-order chi connectivity index (χ0) is 21.7. The molecule has 0 aliphatic heterocycles. The van der Waals surface area contributed by atoms with Gasteiger partial charge in [0.25, 0.3) is 0 Å². The van der Waals surface area contributed by atoms with E-state index in [1.54, 1.807) is 11.1 Å². The number of hydrogen-bond donors (Lipinski definition) is 0. The van der Waals surface area contributed by atoms with Crippen LogP contribution in [0, 0.1) is 0 Å². The van der Waals surface area contributed by atoms with Crippen LogP contribution in [-0.2, 0) is 10.8 Å². The lowest BCUT2D eigenvalue weighted by molar-refractivity contribution is 0.139. The van der Waals surface area contributed by atoms with E-state index in [2.05, 4.69) is 88.4 Å². The molecule has 0 fully saturated rings. The lowest BCUT2D eigenvalue weighted by Crippen LogP contribution is -2.49. The van der Waals surface area contributed by atoms with E-state index in [-0.39, 0.29) is 10.8 Å². The molecule has 0 nitrogen and oxygen atoms in total. The van der Waals surface area contributed by atoms with Gasteiger partial charge in [-0.3, -0.25) is 0 Å². The monoisotopic (exact) mass is 406 g/mol. The molecule has 30 heavy (non-hydrogen) atoms. The van der Waals surface area contributed by atoms with Gasteiger partial charge in [-0.2, -0.15) is 0 Å². The Bertz CT molecular complexity index is 592. The van der Waals surface area contributed by atoms with Gasteiger partial charge in [0.2, 0.25) is 0 Å². The van der Waals surface area contributed by atoms with Gasteiger partial charge in [-0.1, -0.05) is 140 Å². The molecule has 0 aliphatic rings. The van der Waals surface area contributed by atoms with E-state index in [1.807, 2.05) is 0 Å². The molecule has 2 rings (SSSR count). The van der Waals surface area contributed by atoms with Crippen LogP contribution in [0.15, 0.2) is 60.7 Å². The van der Waals surface area contributed by atoms with Gasteiger partial charge in [-0.25, -0.2) is 0 Å². The van der Waals surface area contributed by atoms with Gasteiger partial charge in [-0.05, 0) is 36.8 Å². The number of rotatable bonds is 15. The van der Waals surface area contributed by atoms with Crippen molar-refractivity contribution in [3.63, 3.8) is 0 Å². The molecule has 166 valence electrons. The molecule has 0 spiro atoms. The van der Waals surface area contributed by atoms with Gasteiger partial charge >= 0.3 is 0 Å². The van der Waals surface area contributed by atoms with E-state index in [0.717, 1.165) is 0 Å². The Hall–Kier alpha value is -1.56. The first kappa shape index (κ1) is 24.7. The lowest BCUT2D eigenvalue weighted by Gasteiger charge is -2.53. The summed E-state index contributed by atoms with van der Waals surface area (Å²) in [6.07, 6.45) is 15.5. The number of unbranched alkanes of at least 4 members (excludes halogenated alkanes) is 4. The Labute approximate surface area is 187 Å². The van der Waals surface area contributed by atoms with Crippen molar-refractivity contribution in [2.24, 2.45) is 0 Å². The summed E-state index contributed by atoms with van der Waals surface area (Å²) >= 11 is 0. The Morgan fingerprint density at radius 3 is 0.933 bits per heavy atom. The maximum atomic E-state index is 2.45. The Balaban J connectivity index is 2.79. The molecule has 0 unspecified atom stereocenters. The van der Waals surface area contributed by atoms with Crippen LogP contribution in [-0.4, -0.2) is 0 Å². The zero-order valence-corrected chi connectivity index (χ0v) is 20.3. The predicted octanol–water partition coefficient (Wildman–Crippen LogP) is 9.62. The lowest BCUT2D eigenvalue weighted by atomic mass is 9.50. The third-order valence-corrected chi connectivity index (χ3v) is 7.40. The van der Waals surface area contributed by atoms with E-state index in [1.165, 1.54) is 77.0 Å². The second-order valence-corrected chi connectivity index (χ2v) is 9.31. The highest BCUT2D eigenvalue weighted by molar-refractivity contribution is 5.39. The van der Waals surface area contributed by atoms with Crippen LogP contribution in [0.3, 0.4) is 0 Å². The van der Waals surface area contributed by atoms with Crippen LogP contribution < -0.4 is 0 Å². The van der Waals surface area contributed by atoms with E-state index in [4.69, 9.17) is 0 Å². The van der Waals surface area contributed by atoms with Crippen molar-refractivity contribution in [2.75, 3.05) is 0 Å². The molecular weight excluding hydrogens is 360 g/mol. The molecule has 0 N–H and O–H groups in total. The SMILES string of the molecule is CCCCC(CCCC)(c1ccccc1)C(CCCC)(CCCC)c1ccccc1. The van der Waals surface area contributed by atoms with Crippen LogP contribution in [0.2, 0.25) is 0 Å². The molecule has 0 atom stereocenters. The fourth-order valence-corrected chi connectivity index (χ4v) is 5.77. The van der Waals surface area contributed by atoms with Gasteiger partial charge in [0.05, 0.1) is 0 Å². The second kappa shape index (κ2) is 13.0. The first-order valence-corrected chi connectivity index (χ1v) is 12.8. The molecule has 0 heteroatoms. The summed E-state index contributed by atoms with van der Waals surface area (Å²) in [4.78, 5) is 0. The highest BCUT2D eigenvalue weighted by Crippen LogP contribution is 2.56. The summed E-state index contributed by atoms with van der Waals surface area (Å²) in [6, 6.07) is 23.3. The first-order chi connectivity index (χ1) is 14.7. The van der Waals surface area contributed by atoms with Gasteiger partial charge in [0, 0.05) is 10.8 Å². The Morgan fingerprint density at radius 1 is 0.433 bits per heavy atom. The maximum absolute atomic E-state index is 2.45. The molecule has 2 aromatic carbocycles. The molecule has 2 aromatic rings. The number of hydrogen-bond acceptors (Lipinski definition) is 0. The molecule has 0 aromatic heterocycles. The van der Waals surface area contributed by atoms with E-state index >= 15 is 0 Å². The van der Waals surface area contributed by atoms with Gasteiger partial charge in [0.15, 0.2) is 0 Å². The third-order valence-electron chi connectivity index (χ3n) is 7.40. The van der Waals surface area contributed by atoms with Crippen LogP contribution in [0.25, 0.3) is 0 Å². The normalized spacial score (nSPS) is 12.3. The number of benzene rings is 2. The summed E-state index contributed by atoms with van der Waals surface area (Å²) in [5, 5.41) is 0. The van der Waals surface area contributed by atoms with Gasteiger partial charge in [0.1, 0.15) is 0 Å². The summed E-state index contributed by atoms with van der Waals surface area (Å²) in [5.74, 6) is 0. The Kier molecular flexibility index (Phi) is 10.7. The fraction of sp³-hybridized carbons (Fsp3) is 0.600. The first-order valence-electron chi connectivity index (χ1n) is 12.8. The highest BCUT2D eigenvalue weighted by atomic mass is 14.5. The van der Waals surface area contributed by atoms with Crippen molar-refractivity contribution in [3.8, 4) is 0 Å². The van der Waals surface area contributed by atoms with Crippen molar-refractivity contribution in [1.29, 1.82) is 0 Å². The predicted molar refractivity (Wildman–Crippen MR) is 134 cm³/mol. The molecule has 0 bridgehead atoms. The average molecular weight is 407 g/mol. The second-order valence-electron chi connectivity index (χ2n) is 9.31. The van der Waals surface area contributed by atoms with Crippen LogP contribution in [0.5, 0.6) is 0 Å². The van der Waals surface area contributed by atoms with Gasteiger partial charge in [-0.15, -0.1) is 0 Å². The Morgan fingerprint density at radius 2 is 0.700 bits per heavy atom. The largest absolute Gasteiger partial charge is 0.0654 e. The van der Waals surface area contributed by atoms with E-state index in [9.17, 15) is 0 Å². The molecule has 0 amide bonds. The van der Waals surface area contributed by atoms with Crippen molar-refractivity contribution in [2.45, 2.75) is 116 Å². The zero-order valence-electron chi connectivity index (χ0n) is 20.3. The molecular formula is C30H46. The van der Waals surface area contributed by atoms with Crippen molar-refractivity contribution in [1.82, 2.24) is 0 Å². The van der Waals surface area contributed by atoms with Crippen molar-refractivity contribution >= 4 is 0 Å². The molecule has 0 heterocycles. The smallest absolute Gasteiger partial charge is 0.00498 e. The third kappa shape index (κ3) is 5.57. The van der Waals surface area contributed by atoms with E-state index < -0.39 is 0 Å². The van der Waals surface area contributed by atoms with Crippen LogP contribution in [0.1, 0.15) is 116 Å². The highest BCUT2D eigenvalue weighted by Gasteiger charge is 2.51. The van der Waals surface area contributed by atoms with Crippen molar-refractivity contribution in [3.05, 3.63) is 71.8 Å². The summed E-state index contributed by atoms with van der Waals surface area (Å²) in [6.45, 7) is 9.44. The fourth-order valence-electron chi connectivity index (χ4n) is 5.77. The summed E-state index contributed by atoms with van der Waals surface area (Å²) in [5.41, 5.74) is 3.60. The quantitative estimate of drug-likeness (QED) is 0.276. The minimum absolute atomic E-state index is 0.214.